The molecule has 0 spiro atoms. The maximum Gasteiger partial charge on any atom is 0.0488 e. The van der Waals surface area contributed by atoms with Gasteiger partial charge in [-0.05, 0) is 31.1 Å². The molecule has 2 unspecified atom stereocenters. The summed E-state index contributed by atoms with van der Waals surface area (Å²) in [6.45, 7) is 13.8. The first kappa shape index (κ1) is 12.7. The molecule has 0 aliphatic rings. The van der Waals surface area contributed by atoms with Crippen LogP contribution in [0.15, 0.2) is 12.2 Å². The summed E-state index contributed by atoms with van der Waals surface area (Å²) >= 11 is 0. The molecule has 0 aromatic carbocycles. The third kappa shape index (κ3) is 5.09. The van der Waals surface area contributed by atoms with Crippen LogP contribution in [0.2, 0.25) is 0 Å². The highest BCUT2D eigenvalue weighted by Gasteiger charge is 2.17. The van der Waals surface area contributed by atoms with Crippen LogP contribution in [-0.4, -0.2) is 13.7 Å². The van der Waals surface area contributed by atoms with Gasteiger partial charge in [0.15, 0.2) is 0 Å². The summed E-state index contributed by atoms with van der Waals surface area (Å²) in [7, 11) is 1.77. The van der Waals surface area contributed by atoms with Gasteiger partial charge in [0.25, 0.3) is 0 Å². The van der Waals surface area contributed by atoms with Crippen molar-refractivity contribution in [2.75, 3.05) is 13.7 Å². The fourth-order valence-electron chi connectivity index (χ4n) is 1.83. The molecule has 0 saturated carbocycles. The number of rotatable bonds is 6. The monoisotopic (exact) mass is 184 g/mol. The Morgan fingerprint density at radius 2 is 1.85 bits per heavy atom. The van der Waals surface area contributed by atoms with E-state index >= 15 is 0 Å². The summed E-state index contributed by atoms with van der Waals surface area (Å²) in [5.41, 5.74) is 1.30. The van der Waals surface area contributed by atoms with E-state index in [0.29, 0.717) is 17.8 Å². The number of allylic oxidation sites excluding steroid dienone is 1. The van der Waals surface area contributed by atoms with Gasteiger partial charge in [-0.25, -0.2) is 0 Å². The zero-order valence-electron chi connectivity index (χ0n) is 9.76. The van der Waals surface area contributed by atoms with Crippen molar-refractivity contribution in [3.05, 3.63) is 12.2 Å². The molecule has 0 radical (unpaired) electrons. The molecule has 0 aliphatic heterocycles. The molecule has 1 nitrogen and oxygen atoms in total. The first-order chi connectivity index (χ1) is 5.99. The van der Waals surface area contributed by atoms with Crippen molar-refractivity contribution in [1.82, 2.24) is 0 Å². The van der Waals surface area contributed by atoms with Crippen LogP contribution >= 0.6 is 0 Å². The fourth-order valence-corrected chi connectivity index (χ4v) is 1.83. The number of ether oxygens (including phenoxy) is 1. The van der Waals surface area contributed by atoms with Gasteiger partial charge in [-0.15, -0.1) is 0 Å². The zero-order valence-corrected chi connectivity index (χ0v) is 9.76. The van der Waals surface area contributed by atoms with Gasteiger partial charge in [0, 0.05) is 13.7 Å². The van der Waals surface area contributed by atoms with Crippen LogP contribution in [0, 0.1) is 17.8 Å². The second-order valence-corrected chi connectivity index (χ2v) is 4.49. The van der Waals surface area contributed by atoms with E-state index in [1.54, 1.807) is 7.11 Å². The molecular weight excluding hydrogens is 160 g/mol. The van der Waals surface area contributed by atoms with Crippen LogP contribution in [-0.2, 0) is 4.74 Å². The van der Waals surface area contributed by atoms with E-state index in [9.17, 15) is 0 Å². The Balaban J connectivity index is 4.02. The molecule has 0 rings (SSSR count). The Hall–Kier alpha value is -0.300. The quantitative estimate of drug-likeness (QED) is 0.574. The number of hydrogen-bond acceptors (Lipinski definition) is 1. The Morgan fingerprint density at radius 3 is 2.15 bits per heavy atom. The van der Waals surface area contributed by atoms with Crippen LogP contribution in [0.4, 0.5) is 0 Å². The van der Waals surface area contributed by atoms with E-state index in [1.165, 1.54) is 12.0 Å². The van der Waals surface area contributed by atoms with Crippen LogP contribution < -0.4 is 0 Å². The number of hydrogen-bond donors (Lipinski definition) is 0. The Kier molecular flexibility index (Phi) is 6.06. The second-order valence-electron chi connectivity index (χ2n) is 4.49. The molecule has 1 heteroatoms. The average Bonchev–Trinajstić information content (AvgIpc) is 1.99. The molecule has 0 aliphatic carbocycles. The van der Waals surface area contributed by atoms with Crippen molar-refractivity contribution in [3.63, 3.8) is 0 Å². The molecule has 0 aromatic heterocycles. The first-order valence-corrected chi connectivity index (χ1v) is 5.13. The fraction of sp³-hybridized carbons (Fsp3) is 0.833. The molecule has 0 fully saturated rings. The van der Waals surface area contributed by atoms with Crippen LogP contribution in [0.3, 0.4) is 0 Å². The van der Waals surface area contributed by atoms with Gasteiger partial charge in [0.1, 0.15) is 0 Å². The highest BCUT2D eigenvalue weighted by atomic mass is 16.5. The van der Waals surface area contributed by atoms with Gasteiger partial charge in [-0.2, -0.15) is 0 Å². The lowest BCUT2D eigenvalue weighted by atomic mass is 9.83. The summed E-state index contributed by atoms with van der Waals surface area (Å²) in [6, 6.07) is 0. The molecule has 0 aromatic rings. The van der Waals surface area contributed by atoms with Gasteiger partial charge >= 0.3 is 0 Å². The smallest absolute Gasteiger partial charge is 0.0488 e. The molecule has 0 N–H and O–H groups in total. The summed E-state index contributed by atoms with van der Waals surface area (Å²) in [6.07, 6.45) is 1.20. The van der Waals surface area contributed by atoms with Crippen LogP contribution in [0.1, 0.15) is 34.1 Å². The second kappa shape index (κ2) is 6.20. The van der Waals surface area contributed by atoms with Crippen LogP contribution in [0.25, 0.3) is 0 Å². The first-order valence-electron chi connectivity index (χ1n) is 5.13. The summed E-state index contributed by atoms with van der Waals surface area (Å²) < 4.78 is 5.13. The van der Waals surface area contributed by atoms with E-state index < -0.39 is 0 Å². The zero-order chi connectivity index (χ0) is 10.4. The Morgan fingerprint density at radius 1 is 1.31 bits per heavy atom. The van der Waals surface area contributed by atoms with Gasteiger partial charge in [0.05, 0.1) is 0 Å². The Labute approximate surface area is 83.2 Å². The lowest BCUT2D eigenvalue weighted by Crippen LogP contribution is -2.16. The highest BCUT2D eigenvalue weighted by molar-refractivity contribution is 4.97. The minimum Gasteiger partial charge on any atom is -0.384 e. The van der Waals surface area contributed by atoms with Crippen molar-refractivity contribution in [2.45, 2.75) is 34.1 Å². The van der Waals surface area contributed by atoms with E-state index in [2.05, 4.69) is 34.3 Å². The maximum absolute atomic E-state index is 5.13. The predicted octanol–water partition coefficient (Wildman–Crippen LogP) is 3.51. The van der Waals surface area contributed by atoms with Gasteiger partial charge in [-0.3, -0.25) is 0 Å². The summed E-state index contributed by atoms with van der Waals surface area (Å²) in [5, 5.41) is 0. The molecule has 2 atom stereocenters. The average molecular weight is 184 g/mol. The third-order valence-corrected chi connectivity index (χ3v) is 2.55. The van der Waals surface area contributed by atoms with E-state index in [0.717, 1.165) is 6.61 Å². The van der Waals surface area contributed by atoms with Gasteiger partial charge in [-0.1, -0.05) is 32.9 Å². The SMILES string of the molecule is C=C(C)C(CC(C)COC)C(C)C. The highest BCUT2D eigenvalue weighted by Crippen LogP contribution is 2.26. The summed E-state index contributed by atoms with van der Waals surface area (Å²) in [5.74, 6) is 1.97. The largest absolute Gasteiger partial charge is 0.384 e. The maximum atomic E-state index is 5.13. The van der Waals surface area contributed by atoms with E-state index in [-0.39, 0.29) is 0 Å². The third-order valence-electron chi connectivity index (χ3n) is 2.55. The van der Waals surface area contributed by atoms with Crippen molar-refractivity contribution < 1.29 is 4.74 Å². The van der Waals surface area contributed by atoms with Crippen LogP contribution in [0.5, 0.6) is 0 Å². The van der Waals surface area contributed by atoms with Crippen molar-refractivity contribution in [3.8, 4) is 0 Å². The van der Waals surface area contributed by atoms with E-state index in [1.807, 2.05) is 0 Å². The molecule has 0 amide bonds. The van der Waals surface area contributed by atoms with Gasteiger partial charge in [0.2, 0.25) is 0 Å². The molecular formula is C12H24O. The predicted molar refractivity (Wildman–Crippen MR) is 58.8 cm³/mol. The van der Waals surface area contributed by atoms with Gasteiger partial charge < -0.3 is 4.74 Å². The van der Waals surface area contributed by atoms with Crippen molar-refractivity contribution in [2.24, 2.45) is 17.8 Å². The lowest BCUT2D eigenvalue weighted by Gasteiger charge is -2.24. The molecule has 13 heavy (non-hydrogen) atoms. The molecule has 0 heterocycles. The Bertz CT molecular complexity index is 149. The van der Waals surface area contributed by atoms with Crippen molar-refractivity contribution >= 4 is 0 Å². The van der Waals surface area contributed by atoms with E-state index in [4.69, 9.17) is 4.74 Å². The molecule has 0 bridgehead atoms. The van der Waals surface area contributed by atoms with Crippen molar-refractivity contribution in [1.29, 1.82) is 0 Å². The summed E-state index contributed by atoms with van der Waals surface area (Å²) in [4.78, 5) is 0. The minimum absolute atomic E-state index is 0.633. The molecule has 0 saturated heterocycles. The normalized spacial score (nSPS) is 15.8. The topological polar surface area (TPSA) is 9.23 Å². The minimum atomic E-state index is 0.633. The molecule has 78 valence electrons. The standard InChI is InChI=1S/C12H24O/c1-9(2)12(10(3)4)7-11(5)8-13-6/h10-12H,1,7-8H2,2-6H3. The number of methoxy groups -OCH3 is 1. The lowest BCUT2D eigenvalue weighted by molar-refractivity contribution is 0.144.